The molecule has 0 spiro atoms. The number of halogens is 1. The van der Waals surface area contributed by atoms with Crippen LogP contribution in [0.15, 0.2) is 23.3 Å². The van der Waals surface area contributed by atoms with E-state index in [-0.39, 0.29) is 23.9 Å². The summed E-state index contributed by atoms with van der Waals surface area (Å²) in [4.78, 5) is 31.2. The van der Waals surface area contributed by atoms with Gasteiger partial charge in [-0.3, -0.25) is 14.2 Å². The Morgan fingerprint density at radius 3 is 2.64 bits per heavy atom. The zero-order valence-corrected chi connectivity index (χ0v) is 17.0. The number of aryl methyl sites for hydroxylation is 1. The minimum Gasteiger partial charge on any atom is -0.493 e. The Morgan fingerprint density at radius 2 is 2.00 bits per heavy atom. The molecule has 1 fully saturated rings. The maximum atomic E-state index is 12.7. The van der Waals surface area contributed by atoms with E-state index >= 15 is 0 Å². The molecule has 0 aliphatic carbocycles. The summed E-state index contributed by atoms with van der Waals surface area (Å²) >= 11 is 0. The van der Waals surface area contributed by atoms with Crippen molar-refractivity contribution < 1.29 is 14.3 Å². The number of ether oxygens (including phenoxy) is 2. The van der Waals surface area contributed by atoms with Crippen molar-refractivity contribution in [1.82, 2.24) is 14.5 Å². The maximum absolute atomic E-state index is 12.7. The average molecular weight is 411 g/mol. The Labute approximate surface area is 170 Å². The summed E-state index contributed by atoms with van der Waals surface area (Å²) in [7, 11) is 3.07. The van der Waals surface area contributed by atoms with Crippen molar-refractivity contribution in [2.24, 2.45) is 11.7 Å². The van der Waals surface area contributed by atoms with Gasteiger partial charge in [0, 0.05) is 32.1 Å². The lowest BCUT2D eigenvalue weighted by molar-refractivity contribution is -0.130. The first kappa shape index (κ1) is 22.0. The third-order valence-electron chi connectivity index (χ3n) is 5.09. The van der Waals surface area contributed by atoms with Crippen LogP contribution >= 0.6 is 12.4 Å². The summed E-state index contributed by atoms with van der Waals surface area (Å²) in [6.07, 6.45) is 3.49. The van der Waals surface area contributed by atoms with Gasteiger partial charge >= 0.3 is 0 Å². The molecule has 2 aromatic rings. The number of fused-ring (bicyclic) bond motifs is 1. The fourth-order valence-corrected chi connectivity index (χ4v) is 3.45. The van der Waals surface area contributed by atoms with Crippen LogP contribution in [0.4, 0.5) is 0 Å². The van der Waals surface area contributed by atoms with Gasteiger partial charge < -0.3 is 20.1 Å². The fraction of sp³-hybridized carbons (Fsp3) is 0.526. The van der Waals surface area contributed by atoms with Crippen molar-refractivity contribution in [2.75, 3.05) is 33.9 Å². The first-order valence-corrected chi connectivity index (χ1v) is 9.16. The highest BCUT2D eigenvalue weighted by molar-refractivity contribution is 5.85. The molecule has 1 aromatic heterocycles. The van der Waals surface area contributed by atoms with Gasteiger partial charge in [-0.25, -0.2) is 4.98 Å². The molecular formula is C19H27ClN4O4. The standard InChI is InChI=1S/C19H26N4O4.ClH/c1-26-16-8-14-15(9-17(16)27-2)21-12-23(19(14)25)6-3-4-18(24)22-7-5-13(10-20)11-22;/h8-9,12-13H,3-7,10-11,20H2,1-2H3;1H. The predicted molar refractivity (Wildman–Crippen MR) is 109 cm³/mol. The first-order chi connectivity index (χ1) is 13.1. The SMILES string of the molecule is COc1cc2ncn(CCCC(=O)N3CCC(CN)C3)c(=O)c2cc1OC.Cl. The predicted octanol–water partition coefficient (Wildman–Crippen LogP) is 1.42. The van der Waals surface area contributed by atoms with Gasteiger partial charge in [0.1, 0.15) is 0 Å². The maximum Gasteiger partial charge on any atom is 0.261 e. The number of methoxy groups -OCH3 is 2. The van der Waals surface area contributed by atoms with Crippen molar-refractivity contribution >= 4 is 29.2 Å². The highest BCUT2D eigenvalue weighted by Gasteiger charge is 2.24. The zero-order valence-electron chi connectivity index (χ0n) is 16.2. The van der Waals surface area contributed by atoms with Crippen LogP contribution < -0.4 is 20.8 Å². The molecular weight excluding hydrogens is 384 g/mol. The molecule has 154 valence electrons. The van der Waals surface area contributed by atoms with Crippen LogP contribution in [-0.4, -0.2) is 54.2 Å². The smallest absolute Gasteiger partial charge is 0.261 e. The molecule has 2 heterocycles. The lowest BCUT2D eigenvalue weighted by atomic mass is 10.1. The number of aromatic nitrogens is 2. The molecule has 2 N–H and O–H groups in total. The topological polar surface area (TPSA) is 99.7 Å². The molecule has 1 aliphatic heterocycles. The van der Waals surface area contributed by atoms with Gasteiger partial charge in [-0.1, -0.05) is 0 Å². The second-order valence-electron chi connectivity index (χ2n) is 6.80. The Balaban J connectivity index is 0.00000280. The second kappa shape index (κ2) is 9.75. The van der Waals surface area contributed by atoms with E-state index < -0.39 is 0 Å². The quantitative estimate of drug-likeness (QED) is 0.741. The van der Waals surface area contributed by atoms with Crippen LogP contribution in [0.3, 0.4) is 0 Å². The molecule has 1 amide bonds. The van der Waals surface area contributed by atoms with Gasteiger partial charge in [-0.15, -0.1) is 12.4 Å². The minimum atomic E-state index is -0.155. The van der Waals surface area contributed by atoms with Crippen molar-refractivity contribution in [1.29, 1.82) is 0 Å². The summed E-state index contributed by atoms with van der Waals surface area (Å²) in [5.74, 6) is 1.55. The van der Waals surface area contributed by atoms with Gasteiger partial charge in [-0.2, -0.15) is 0 Å². The Hall–Kier alpha value is -2.32. The van der Waals surface area contributed by atoms with E-state index in [1.54, 1.807) is 12.1 Å². The lowest BCUT2D eigenvalue weighted by Crippen LogP contribution is -2.30. The molecule has 1 saturated heterocycles. The van der Waals surface area contributed by atoms with Crippen molar-refractivity contribution in [3.05, 3.63) is 28.8 Å². The number of hydrogen-bond donors (Lipinski definition) is 1. The molecule has 28 heavy (non-hydrogen) atoms. The number of carbonyl (C=O) groups is 1. The van der Waals surface area contributed by atoms with Crippen LogP contribution in [0.25, 0.3) is 10.9 Å². The molecule has 3 rings (SSSR count). The number of rotatable bonds is 7. The molecule has 0 bridgehead atoms. The number of carbonyl (C=O) groups excluding carboxylic acids is 1. The highest BCUT2D eigenvalue weighted by atomic mass is 35.5. The molecule has 1 aliphatic rings. The summed E-state index contributed by atoms with van der Waals surface area (Å²) in [6.45, 7) is 2.58. The first-order valence-electron chi connectivity index (χ1n) is 9.16. The zero-order chi connectivity index (χ0) is 19.4. The second-order valence-corrected chi connectivity index (χ2v) is 6.80. The summed E-state index contributed by atoms with van der Waals surface area (Å²) in [5.41, 5.74) is 6.07. The number of nitrogens with zero attached hydrogens (tertiary/aromatic N) is 3. The fourth-order valence-electron chi connectivity index (χ4n) is 3.45. The largest absolute Gasteiger partial charge is 0.493 e. The molecule has 0 saturated carbocycles. The number of hydrogen-bond acceptors (Lipinski definition) is 6. The third-order valence-corrected chi connectivity index (χ3v) is 5.09. The van der Waals surface area contributed by atoms with Gasteiger partial charge in [0.15, 0.2) is 11.5 Å². The van der Waals surface area contributed by atoms with Crippen molar-refractivity contribution in [2.45, 2.75) is 25.8 Å². The number of amides is 1. The van der Waals surface area contributed by atoms with E-state index in [2.05, 4.69) is 4.98 Å². The number of likely N-dealkylation sites (tertiary alicyclic amines) is 1. The van der Waals surface area contributed by atoms with E-state index in [1.807, 2.05) is 4.90 Å². The van der Waals surface area contributed by atoms with E-state index in [0.717, 1.165) is 19.5 Å². The minimum absolute atomic E-state index is 0. The third kappa shape index (κ3) is 4.56. The van der Waals surface area contributed by atoms with Crippen LogP contribution in [-0.2, 0) is 11.3 Å². The average Bonchev–Trinajstić information content (AvgIpc) is 3.18. The van der Waals surface area contributed by atoms with Gasteiger partial charge in [0.25, 0.3) is 5.56 Å². The Morgan fingerprint density at radius 1 is 1.29 bits per heavy atom. The molecule has 1 atom stereocenters. The molecule has 8 nitrogen and oxygen atoms in total. The highest BCUT2D eigenvalue weighted by Crippen LogP contribution is 2.29. The van der Waals surface area contributed by atoms with E-state index in [9.17, 15) is 9.59 Å². The molecule has 1 unspecified atom stereocenters. The Bertz CT molecular complexity index is 886. The van der Waals surface area contributed by atoms with Gasteiger partial charge in [0.2, 0.25) is 5.91 Å². The Kier molecular flexibility index (Phi) is 7.65. The van der Waals surface area contributed by atoms with Crippen LogP contribution in [0.5, 0.6) is 11.5 Å². The molecule has 0 radical (unpaired) electrons. The monoisotopic (exact) mass is 410 g/mol. The number of benzene rings is 1. The summed E-state index contributed by atoms with van der Waals surface area (Å²) < 4.78 is 12.0. The lowest BCUT2D eigenvalue weighted by Gasteiger charge is -2.16. The van der Waals surface area contributed by atoms with E-state index in [0.29, 0.717) is 54.3 Å². The van der Waals surface area contributed by atoms with Gasteiger partial charge in [-0.05, 0) is 31.4 Å². The van der Waals surface area contributed by atoms with Crippen LogP contribution in [0.1, 0.15) is 19.3 Å². The van der Waals surface area contributed by atoms with Crippen LogP contribution in [0.2, 0.25) is 0 Å². The van der Waals surface area contributed by atoms with Crippen molar-refractivity contribution in [3.8, 4) is 11.5 Å². The molecule has 9 heteroatoms. The van der Waals surface area contributed by atoms with E-state index in [4.69, 9.17) is 15.2 Å². The summed E-state index contributed by atoms with van der Waals surface area (Å²) in [5, 5.41) is 0.465. The normalized spacial score (nSPS) is 16.1. The van der Waals surface area contributed by atoms with Crippen molar-refractivity contribution in [3.63, 3.8) is 0 Å². The molecule has 1 aromatic carbocycles. The van der Waals surface area contributed by atoms with Crippen LogP contribution in [0, 0.1) is 5.92 Å². The van der Waals surface area contributed by atoms with Gasteiger partial charge in [0.05, 0.1) is 31.4 Å². The number of nitrogens with two attached hydrogens (primary N) is 1. The van der Waals surface area contributed by atoms with E-state index in [1.165, 1.54) is 25.1 Å². The summed E-state index contributed by atoms with van der Waals surface area (Å²) in [6, 6.07) is 3.33.